The van der Waals surface area contributed by atoms with Gasteiger partial charge in [-0.15, -0.1) is 0 Å². The Bertz CT molecular complexity index is 846. The molecule has 0 aromatic heterocycles. The molecule has 0 N–H and O–H groups in total. The number of carbonyl (C=O) groups excluding carboxylic acids is 2. The van der Waals surface area contributed by atoms with E-state index in [9.17, 15) is 9.59 Å². The number of ketones is 1. The molecule has 3 fully saturated rings. The molecule has 0 bridgehead atoms. The van der Waals surface area contributed by atoms with Crippen LogP contribution in [0.25, 0.3) is 0 Å². The largest absolute Gasteiger partial charge is 0.378 e. The number of piperazine rings is 1. The van der Waals surface area contributed by atoms with Crippen molar-refractivity contribution >= 4 is 23.3 Å². The molecule has 33 heavy (non-hydrogen) atoms. The molecule has 0 radical (unpaired) electrons. The van der Waals surface area contributed by atoms with Crippen LogP contribution in [-0.2, 0) is 27.3 Å². The average molecular weight is 475 g/mol. The van der Waals surface area contributed by atoms with Gasteiger partial charge >= 0.3 is 0 Å². The van der Waals surface area contributed by atoms with E-state index in [1.165, 1.54) is 18.4 Å². The van der Waals surface area contributed by atoms with Gasteiger partial charge in [-0.05, 0) is 74.8 Å². The summed E-state index contributed by atoms with van der Waals surface area (Å²) in [5.74, 6) is 0.834. The predicted molar refractivity (Wildman–Crippen MR) is 132 cm³/mol. The van der Waals surface area contributed by atoms with Gasteiger partial charge in [0.25, 0.3) is 0 Å². The maximum atomic E-state index is 12.9. The van der Waals surface area contributed by atoms with Gasteiger partial charge in [-0.1, -0.05) is 24.4 Å². The van der Waals surface area contributed by atoms with Crippen LogP contribution in [0.1, 0.15) is 75.0 Å². The molecule has 182 valence electrons. The number of hydrogen-bond donors (Lipinski definition) is 0. The van der Waals surface area contributed by atoms with Crippen molar-refractivity contribution in [2.45, 2.75) is 90.3 Å². The molecule has 1 aromatic rings. The lowest BCUT2D eigenvalue weighted by Gasteiger charge is -2.41. The Morgan fingerprint density at radius 3 is 2.48 bits per heavy atom. The number of carbonyl (C=O) groups is 2. The van der Waals surface area contributed by atoms with Gasteiger partial charge in [0.15, 0.2) is 0 Å². The summed E-state index contributed by atoms with van der Waals surface area (Å²) in [6.07, 6.45) is 8.72. The number of halogens is 1. The minimum Gasteiger partial charge on any atom is -0.378 e. The summed E-state index contributed by atoms with van der Waals surface area (Å²) in [6, 6.07) is 4.21. The van der Waals surface area contributed by atoms with E-state index in [-0.39, 0.29) is 23.8 Å². The van der Waals surface area contributed by atoms with Gasteiger partial charge in [-0.3, -0.25) is 14.5 Å². The molecule has 2 saturated heterocycles. The van der Waals surface area contributed by atoms with E-state index in [0.717, 1.165) is 76.0 Å². The topological polar surface area (TPSA) is 49.9 Å². The number of benzene rings is 1. The lowest BCUT2D eigenvalue weighted by molar-refractivity contribution is -0.140. The van der Waals surface area contributed by atoms with E-state index in [4.69, 9.17) is 16.3 Å². The molecule has 0 spiro atoms. The van der Waals surface area contributed by atoms with Crippen molar-refractivity contribution in [3.8, 4) is 0 Å². The SMILES string of the molecule is Cc1c(CC(=O)CC2CCCCO2)cc(Cl)cc1CN1CCN(C(=O)C2CCCC2)[C@@H](C)C1. The van der Waals surface area contributed by atoms with Crippen LogP contribution < -0.4 is 0 Å². The van der Waals surface area contributed by atoms with E-state index < -0.39 is 0 Å². The first-order valence-electron chi connectivity index (χ1n) is 12.8. The first-order chi connectivity index (χ1) is 15.9. The van der Waals surface area contributed by atoms with Crippen LogP contribution >= 0.6 is 11.6 Å². The smallest absolute Gasteiger partial charge is 0.226 e. The molecule has 1 unspecified atom stereocenters. The molecule has 1 aromatic carbocycles. The van der Waals surface area contributed by atoms with Crippen LogP contribution in [0, 0.1) is 12.8 Å². The van der Waals surface area contributed by atoms with Gasteiger partial charge in [-0.25, -0.2) is 0 Å². The molecule has 5 nitrogen and oxygen atoms in total. The zero-order valence-electron chi connectivity index (χ0n) is 20.3. The van der Waals surface area contributed by atoms with E-state index in [1.54, 1.807) is 0 Å². The Kier molecular flexibility index (Phi) is 8.48. The Hall–Kier alpha value is -1.43. The third kappa shape index (κ3) is 6.37. The molecule has 2 atom stereocenters. The summed E-state index contributed by atoms with van der Waals surface area (Å²) in [7, 11) is 0. The summed E-state index contributed by atoms with van der Waals surface area (Å²) in [5, 5.41) is 0.690. The van der Waals surface area contributed by atoms with Crippen molar-refractivity contribution in [1.29, 1.82) is 0 Å². The predicted octanol–water partition coefficient (Wildman–Crippen LogP) is 4.94. The van der Waals surface area contributed by atoms with Crippen LogP contribution in [0.15, 0.2) is 12.1 Å². The van der Waals surface area contributed by atoms with Crippen molar-refractivity contribution in [2.75, 3.05) is 26.2 Å². The number of nitrogens with zero attached hydrogens (tertiary/aromatic N) is 2. The minimum atomic E-state index is 0.0786. The highest BCUT2D eigenvalue weighted by Crippen LogP contribution is 2.29. The van der Waals surface area contributed by atoms with Gasteiger partial charge in [0.1, 0.15) is 5.78 Å². The molecule has 3 aliphatic rings. The van der Waals surface area contributed by atoms with Gasteiger partial charge in [-0.2, -0.15) is 0 Å². The number of Topliss-reactive ketones (excluding diaryl/α,β-unsaturated/α-hetero) is 1. The monoisotopic (exact) mass is 474 g/mol. The summed E-state index contributed by atoms with van der Waals surface area (Å²) in [6.45, 7) is 8.39. The number of rotatable bonds is 7. The number of ether oxygens (including phenoxy) is 1. The maximum Gasteiger partial charge on any atom is 0.226 e. The Morgan fingerprint density at radius 1 is 1.06 bits per heavy atom. The van der Waals surface area contributed by atoms with Crippen molar-refractivity contribution in [2.24, 2.45) is 5.92 Å². The third-order valence-corrected chi connectivity index (χ3v) is 8.02. The van der Waals surface area contributed by atoms with Crippen molar-refractivity contribution in [3.05, 3.63) is 33.8 Å². The van der Waals surface area contributed by atoms with Gasteiger partial charge in [0.05, 0.1) is 6.10 Å². The fourth-order valence-electron chi connectivity index (χ4n) is 5.80. The van der Waals surface area contributed by atoms with Crippen LogP contribution in [0.5, 0.6) is 0 Å². The third-order valence-electron chi connectivity index (χ3n) is 7.80. The second kappa shape index (κ2) is 11.3. The zero-order chi connectivity index (χ0) is 23.4. The molecule has 4 rings (SSSR count). The molecule has 1 aliphatic carbocycles. The molecule has 6 heteroatoms. The van der Waals surface area contributed by atoms with Crippen LogP contribution in [-0.4, -0.2) is 59.9 Å². The Balaban J connectivity index is 1.35. The molecular formula is C27H39ClN2O3. The summed E-state index contributed by atoms with van der Waals surface area (Å²) in [4.78, 5) is 30.2. The molecular weight excluding hydrogens is 436 g/mol. The van der Waals surface area contributed by atoms with Crippen molar-refractivity contribution in [1.82, 2.24) is 9.80 Å². The lowest BCUT2D eigenvalue weighted by atomic mass is 9.95. The second-order valence-electron chi connectivity index (χ2n) is 10.4. The quantitative estimate of drug-likeness (QED) is 0.561. The summed E-state index contributed by atoms with van der Waals surface area (Å²) in [5.41, 5.74) is 3.37. The standard InChI is InChI=1S/C27H39ClN2O3/c1-19-17-29(10-11-30(19)27(32)21-7-3-4-8-21)18-23-14-24(28)13-22(20(23)2)15-25(31)16-26-9-5-6-12-33-26/h13-14,19,21,26H,3-12,15-18H2,1-2H3/t19-,26?/m0/s1. The zero-order valence-corrected chi connectivity index (χ0v) is 21.0. The highest BCUT2D eigenvalue weighted by molar-refractivity contribution is 6.30. The highest BCUT2D eigenvalue weighted by Gasteiger charge is 2.33. The average Bonchev–Trinajstić information content (AvgIpc) is 3.32. The Labute approximate surface area is 203 Å². The first-order valence-corrected chi connectivity index (χ1v) is 13.2. The van der Waals surface area contributed by atoms with Crippen molar-refractivity contribution in [3.63, 3.8) is 0 Å². The van der Waals surface area contributed by atoms with Crippen molar-refractivity contribution < 1.29 is 14.3 Å². The van der Waals surface area contributed by atoms with Crippen LogP contribution in [0.2, 0.25) is 5.02 Å². The van der Waals surface area contributed by atoms with Crippen LogP contribution in [0.3, 0.4) is 0 Å². The number of hydrogen-bond acceptors (Lipinski definition) is 4. The Morgan fingerprint density at radius 2 is 1.79 bits per heavy atom. The summed E-state index contributed by atoms with van der Waals surface area (Å²) >= 11 is 6.47. The first kappa shape index (κ1) is 24.7. The highest BCUT2D eigenvalue weighted by atomic mass is 35.5. The number of amides is 1. The molecule has 1 saturated carbocycles. The maximum absolute atomic E-state index is 12.9. The fourth-order valence-corrected chi connectivity index (χ4v) is 6.07. The van der Waals surface area contributed by atoms with Gasteiger partial charge in [0.2, 0.25) is 5.91 Å². The van der Waals surface area contributed by atoms with Gasteiger partial charge in [0, 0.05) is 62.6 Å². The molecule has 2 heterocycles. The van der Waals surface area contributed by atoms with E-state index >= 15 is 0 Å². The normalized spacial score (nSPS) is 24.9. The van der Waals surface area contributed by atoms with E-state index in [0.29, 0.717) is 23.8 Å². The van der Waals surface area contributed by atoms with Gasteiger partial charge < -0.3 is 9.64 Å². The summed E-state index contributed by atoms with van der Waals surface area (Å²) < 4.78 is 5.75. The molecule has 2 aliphatic heterocycles. The molecule has 1 amide bonds. The minimum absolute atomic E-state index is 0.0786. The lowest BCUT2D eigenvalue weighted by Crippen LogP contribution is -2.54. The fraction of sp³-hybridized carbons (Fsp3) is 0.704. The van der Waals surface area contributed by atoms with E-state index in [2.05, 4.69) is 23.6 Å². The van der Waals surface area contributed by atoms with E-state index in [1.807, 2.05) is 12.1 Å². The second-order valence-corrected chi connectivity index (χ2v) is 10.8. The van der Waals surface area contributed by atoms with Crippen LogP contribution in [0.4, 0.5) is 0 Å².